The van der Waals surface area contributed by atoms with Gasteiger partial charge in [-0.05, 0) is 17.7 Å². The van der Waals surface area contributed by atoms with Gasteiger partial charge in [0.05, 0.1) is 19.6 Å². The highest BCUT2D eigenvalue weighted by atomic mass is 16.5. The van der Waals surface area contributed by atoms with E-state index in [1.165, 1.54) is 0 Å². The van der Waals surface area contributed by atoms with Crippen molar-refractivity contribution in [2.24, 2.45) is 0 Å². The largest absolute Gasteiger partial charge is 0.392 e. The van der Waals surface area contributed by atoms with Crippen molar-refractivity contribution in [1.29, 1.82) is 0 Å². The fourth-order valence-corrected chi connectivity index (χ4v) is 1.36. The number of aliphatic hydroxyl groups is 1. The summed E-state index contributed by atoms with van der Waals surface area (Å²) in [7, 11) is 3.29. The molecule has 0 aliphatic rings. The Hall–Kier alpha value is -1.39. The molecule has 0 bridgehead atoms. The van der Waals surface area contributed by atoms with Crippen LogP contribution >= 0.6 is 0 Å². The average molecular weight is 223 g/mol. The van der Waals surface area contributed by atoms with Crippen LogP contribution in [0.3, 0.4) is 0 Å². The van der Waals surface area contributed by atoms with Crippen LogP contribution in [-0.2, 0) is 16.1 Å². The topological polar surface area (TPSA) is 49.8 Å². The van der Waals surface area contributed by atoms with Crippen molar-refractivity contribution in [3.63, 3.8) is 0 Å². The van der Waals surface area contributed by atoms with Crippen LogP contribution in [0.25, 0.3) is 0 Å². The summed E-state index contributed by atoms with van der Waals surface area (Å²) in [6, 6.07) is 7.27. The third-order valence-corrected chi connectivity index (χ3v) is 2.37. The molecule has 0 atom stereocenters. The molecule has 0 heterocycles. The molecule has 0 radical (unpaired) electrons. The van der Waals surface area contributed by atoms with Crippen LogP contribution in [0.5, 0.6) is 0 Å². The van der Waals surface area contributed by atoms with Crippen molar-refractivity contribution < 1.29 is 14.6 Å². The molecule has 1 rings (SSSR count). The number of amides is 1. The number of benzene rings is 1. The lowest BCUT2D eigenvalue weighted by Crippen LogP contribution is -2.27. The minimum Gasteiger partial charge on any atom is -0.392 e. The van der Waals surface area contributed by atoms with Gasteiger partial charge in [0.2, 0.25) is 5.91 Å². The van der Waals surface area contributed by atoms with Crippen molar-refractivity contribution in [2.75, 3.05) is 25.7 Å². The second-order valence-corrected chi connectivity index (χ2v) is 3.52. The Morgan fingerprint density at radius 1 is 1.50 bits per heavy atom. The van der Waals surface area contributed by atoms with Gasteiger partial charge in [-0.1, -0.05) is 12.1 Å². The van der Waals surface area contributed by atoms with Crippen molar-refractivity contribution >= 4 is 11.6 Å². The zero-order valence-corrected chi connectivity index (χ0v) is 9.64. The Morgan fingerprint density at radius 3 is 2.88 bits per heavy atom. The Bertz CT molecular complexity index is 352. The van der Waals surface area contributed by atoms with Crippen molar-refractivity contribution in [3.05, 3.63) is 29.8 Å². The van der Waals surface area contributed by atoms with Crippen molar-refractivity contribution in [1.82, 2.24) is 0 Å². The quantitative estimate of drug-likeness (QED) is 0.815. The van der Waals surface area contributed by atoms with Crippen LogP contribution in [-0.4, -0.2) is 31.8 Å². The number of ether oxygens (including phenoxy) is 1. The van der Waals surface area contributed by atoms with E-state index in [4.69, 9.17) is 9.84 Å². The minimum atomic E-state index is -0.0199. The number of anilines is 1. The highest BCUT2D eigenvalue weighted by molar-refractivity contribution is 5.92. The van der Waals surface area contributed by atoms with E-state index in [2.05, 4.69) is 0 Å². The maximum atomic E-state index is 11.7. The van der Waals surface area contributed by atoms with Gasteiger partial charge >= 0.3 is 0 Å². The molecular formula is C12H17NO3. The van der Waals surface area contributed by atoms with Crippen LogP contribution in [0.2, 0.25) is 0 Å². The molecule has 16 heavy (non-hydrogen) atoms. The van der Waals surface area contributed by atoms with Gasteiger partial charge in [0.1, 0.15) is 0 Å². The van der Waals surface area contributed by atoms with Gasteiger partial charge in [0.25, 0.3) is 0 Å². The van der Waals surface area contributed by atoms with E-state index in [-0.39, 0.29) is 12.5 Å². The third kappa shape index (κ3) is 3.32. The number of carbonyl (C=O) groups excluding carboxylic acids is 1. The highest BCUT2D eigenvalue weighted by Crippen LogP contribution is 2.15. The first-order valence-electron chi connectivity index (χ1n) is 5.14. The van der Waals surface area contributed by atoms with Crippen LogP contribution in [0, 0.1) is 0 Å². The Kier molecular flexibility index (Phi) is 4.95. The van der Waals surface area contributed by atoms with Gasteiger partial charge < -0.3 is 14.7 Å². The van der Waals surface area contributed by atoms with Crippen molar-refractivity contribution in [2.45, 2.75) is 13.0 Å². The van der Waals surface area contributed by atoms with E-state index < -0.39 is 0 Å². The molecule has 0 aliphatic heterocycles. The Morgan fingerprint density at radius 2 is 2.25 bits per heavy atom. The van der Waals surface area contributed by atoms with Gasteiger partial charge in [-0.25, -0.2) is 0 Å². The first kappa shape index (κ1) is 12.7. The number of aliphatic hydroxyl groups excluding tert-OH is 1. The number of hydrogen-bond acceptors (Lipinski definition) is 3. The monoisotopic (exact) mass is 223 g/mol. The zero-order valence-electron chi connectivity index (χ0n) is 9.64. The summed E-state index contributed by atoms with van der Waals surface area (Å²) in [6.07, 6.45) is 0.357. The minimum absolute atomic E-state index is 0.00283. The summed E-state index contributed by atoms with van der Waals surface area (Å²) in [4.78, 5) is 13.3. The molecule has 88 valence electrons. The lowest BCUT2D eigenvalue weighted by atomic mass is 10.2. The first-order chi connectivity index (χ1) is 7.69. The van der Waals surface area contributed by atoms with E-state index in [1.807, 2.05) is 18.2 Å². The van der Waals surface area contributed by atoms with Gasteiger partial charge in [-0.3, -0.25) is 4.79 Å². The summed E-state index contributed by atoms with van der Waals surface area (Å²) in [5, 5.41) is 9.00. The van der Waals surface area contributed by atoms with Gasteiger partial charge in [-0.2, -0.15) is 0 Å². The number of carbonyl (C=O) groups is 1. The zero-order chi connectivity index (χ0) is 12.0. The van der Waals surface area contributed by atoms with E-state index in [0.29, 0.717) is 13.0 Å². The molecule has 1 N–H and O–H groups in total. The molecule has 0 aliphatic carbocycles. The molecule has 0 saturated carbocycles. The summed E-state index contributed by atoms with van der Waals surface area (Å²) in [5.41, 5.74) is 1.58. The molecule has 4 heteroatoms. The Balaban J connectivity index is 2.71. The molecule has 0 aromatic heterocycles. The summed E-state index contributed by atoms with van der Waals surface area (Å²) in [6.45, 7) is 0.400. The fourth-order valence-electron chi connectivity index (χ4n) is 1.36. The lowest BCUT2D eigenvalue weighted by molar-refractivity contribution is -0.119. The van der Waals surface area contributed by atoms with Crippen LogP contribution < -0.4 is 4.90 Å². The van der Waals surface area contributed by atoms with Crippen molar-refractivity contribution in [3.8, 4) is 0 Å². The molecule has 1 aromatic carbocycles. The number of nitrogens with zero attached hydrogens (tertiary/aromatic N) is 1. The molecular weight excluding hydrogens is 206 g/mol. The predicted octanol–water partition coefficient (Wildman–Crippen LogP) is 1.18. The molecule has 0 spiro atoms. The first-order valence-corrected chi connectivity index (χ1v) is 5.14. The molecule has 0 unspecified atom stereocenters. The predicted molar refractivity (Wildman–Crippen MR) is 62.3 cm³/mol. The molecule has 1 amide bonds. The second kappa shape index (κ2) is 6.25. The van der Waals surface area contributed by atoms with Crippen LogP contribution in [0.4, 0.5) is 5.69 Å². The molecule has 4 nitrogen and oxygen atoms in total. The van der Waals surface area contributed by atoms with Crippen LogP contribution in [0.1, 0.15) is 12.0 Å². The van der Waals surface area contributed by atoms with E-state index >= 15 is 0 Å². The third-order valence-electron chi connectivity index (χ3n) is 2.37. The van der Waals surface area contributed by atoms with Gasteiger partial charge in [0.15, 0.2) is 0 Å². The van der Waals surface area contributed by atoms with Gasteiger partial charge in [-0.15, -0.1) is 0 Å². The number of methoxy groups -OCH3 is 1. The molecule has 0 saturated heterocycles. The maximum absolute atomic E-state index is 11.7. The summed E-state index contributed by atoms with van der Waals surface area (Å²) < 4.78 is 4.86. The summed E-state index contributed by atoms with van der Waals surface area (Å²) >= 11 is 0. The highest BCUT2D eigenvalue weighted by Gasteiger charge is 2.10. The number of hydrogen-bond donors (Lipinski definition) is 1. The lowest BCUT2D eigenvalue weighted by Gasteiger charge is -2.17. The van der Waals surface area contributed by atoms with Gasteiger partial charge in [0, 0.05) is 19.8 Å². The van der Waals surface area contributed by atoms with E-state index in [1.54, 1.807) is 25.1 Å². The standard InChI is InChI=1S/C12H17NO3/c1-13(12(15)6-7-16-2)11-5-3-4-10(8-11)9-14/h3-5,8,14H,6-7,9H2,1-2H3. The average Bonchev–Trinajstić information content (AvgIpc) is 2.35. The smallest absolute Gasteiger partial charge is 0.229 e. The van der Waals surface area contributed by atoms with Crippen LogP contribution in [0.15, 0.2) is 24.3 Å². The number of rotatable bonds is 5. The second-order valence-electron chi connectivity index (χ2n) is 3.52. The normalized spacial score (nSPS) is 10.2. The maximum Gasteiger partial charge on any atom is 0.229 e. The fraction of sp³-hybridized carbons (Fsp3) is 0.417. The molecule has 1 aromatic rings. The SMILES string of the molecule is COCCC(=O)N(C)c1cccc(CO)c1. The Labute approximate surface area is 95.5 Å². The van der Waals surface area contributed by atoms with E-state index in [9.17, 15) is 4.79 Å². The van der Waals surface area contributed by atoms with E-state index in [0.717, 1.165) is 11.3 Å². The summed E-state index contributed by atoms with van der Waals surface area (Å²) in [5.74, 6) is -0.00283. The molecule has 0 fully saturated rings.